The number of rotatable bonds is 6. The molecule has 2 nitrogen and oxygen atoms in total. The number of nitrogens with zero attached hydrogens (tertiary/aromatic N) is 1. The highest BCUT2D eigenvalue weighted by Gasteiger charge is 2.28. The van der Waals surface area contributed by atoms with Crippen molar-refractivity contribution < 1.29 is 0 Å². The fourth-order valence-electron chi connectivity index (χ4n) is 3.12. The summed E-state index contributed by atoms with van der Waals surface area (Å²) in [5.41, 5.74) is 0. The van der Waals surface area contributed by atoms with Gasteiger partial charge in [0.25, 0.3) is 0 Å². The van der Waals surface area contributed by atoms with Crippen molar-refractivity contribution in [2.45, 2.75) is 66.0 Å². The van der Waals surface area contributed by atoms with Crippen LogP contribution < -0.4 is 5.32 Å². The molecule has 0 aromatic carbocycles. The van der Waals surface area contributed by atoms with E-state index in [0.29, 0.717) is 6.04 Å². The van der Waals surface area contributed by atoms with Gasteiger partial charge >= 0.3 is 0 Å². The maximum absolute atomic E-state index is 3.67. The van der Waals surface area contributed by atoms with Gasteiger partial charge in [-0.1, -0.05) is 27.7 Å². The van der Waals surface area contributed by atoms with E-state index in [2.05, 4.69) is 44.8 Å². The van der Waals surface area contributed by atoms with Crippen molar-refractivity contribution in [2.24, 2.45) is 11.8 Å². The maximum Gasteiger partial charge on any atom is 0.0110 e. The summed E-state index contributed by atoms with van der Waals surface area (Å²) in [6.45, 7) is 15.4. The van der Waals surface area contributed by atoms with Crippen LogP contribution in [0, 0.1) is 11.8 Å². The van der Waals surface area contributed by atoms with Gasteiger partial charge in [-0.25, -0.2) is 0 Å². The topological polar surface area (TPSA) is 15.3 Å². The van der Waals surface area contributed by atoms with Crippen LogP contribution in [0.4, 0.5) is 0 Å². The SMILES string of the molecule is CCC(CC)NCCN1CC(C)CC(C)C1C. The largest absolute Gasteiger partial charge is 0.313 e. The zero-order valence-corrected chi connectivity index (χ0v) is 12.5. The van der Waals surface area contributed by atoms with E-state index in [1.807, 2.05) is 0 Å². The molecule has 17 heavy (non-hydrogen) atoms. The summed E-state index contributed by atoms with van der Waals surface area (Å²) >= 11 is 0. The highest BCUT2D eigenvalue weighted by Crippen LogP contribution is 2.26. The van der Waals surface area contributed by atoms with Gasteiger partial charge in [-0.3, -0.25) is 4.90 Å². The molecular weight excluding hydrogens is 208 g/mol. The van der Waals surface area contributed by atoms with Gasteiger partial charge in [-0.2, -0.15) is 0 Å². The summed E-state index contributed by atoms with van der Waals surface area (Å²) in [6.07, 6.45) is 3.90. The normalized spacial score (nSPS) is 31.1. The zero-order chi connectivity index (χ0) is 12.8. The van der Waals surface area contributed by atoms with E-state index < -0.39 is 0 Å². The third kappa shape index (κ3) is 4.59. The molecule has 3 atom stereocenters. The molecule has 2 heteroatoms. The van der Waals surface area contributed by atoms with Gasteiger partial charge in [0.2, 0.25) is 0 Å². The van der Waals surface area contributed by atoms with E-state index in [0.717, 1.165) is 24.4 Å². The Labute approximate surface area is 108 Å². The van der Waals surface area contributed by atoms with Crippen molar-refractivity contribution in [1.29, 1.82) is 0 Å². The van der Waals surface area contributed by atoms with E-state index in [1.165, 1.54) is 32.4 Å². The predicted octanol–water partition coefficient (Wildman–Crippen LogP) is 3.13. The molecule has 1 rings (SSSR count). The summed E-state index contributed by atoms with van der Waals surface area (Å²) < 4.78 is 0. The van der Waals surface area contributed by atoms with Crippen LogP contribution in [0.15, 0.2) is 0 Å². The first kappa shape index (κ1) is 15.0. The first-order valence-electron chi connectivity index (χ1n) is 7.55. The molecule has 0 amide bonds. The van der Waals surface area contributed by atoms with E-state index in [4.69, 9.17) is 0 Å². The molecule has 102 valence electrons. The van der Waals surface area contributed by atoms with E-state index >= 15 is 0 Å². The van der Waals surface area contributed by atoms with E-state index in [-0.39, 0.29) is 0 Å². The van der Waals surface area contributed by atoms with E-state index in [1.54, 1.807) is 0 Å². The summed E-state index contributed by atoms with van der Waals surface area (Å²) in [7, 11) is 0. The highest BCUT2D eigenvalue weighted by atomic mass is 15.2. The Morgan fingerprint density at radius 2 is 1.82 bits per heavy atom. The van der Waals surface area contributed by atoms with Crippen molar-refractivity contribution in [1.82, 2.24) is 10.2 Å². The lowest BCUT2D eigenvalue weighted by molar-refractivity contribution is 0.0799. The minimum Gasteiger partial charge on any atom is -0.313 e. The lowest BCUT2D eigenvalue weighted by atomic mass is 9.86. The minimum atomic E-state index is 0.713. The van der Waals surface area contributed by atoms with Gasteiger partial charge in [0.15, 0.2) is 0 Å². The standard InChI is InChI=1S/C15H32N2/c1-6-15(7-2)16-8-9-17-11-12(3)10-13(4)14(17)5/h12-16H,6-11H2,1-5H3. The van der Waals surface area contributed by atoms with Crippen LogP contribution in [-0.4, -0.2) is 36.6 Å². The van der Waals surface area contributed by atoms with E-state index in [9.17, 15) is 0 Å². The summed E-state index contributed by atoms with van der Waals surface area (Å²) in [5.74, 6) is 1.72. The molecule has 1 heterocycles. The Hall–Kier alpha value is -0.0800. The number of hydrogen-bond donors (Lipinski definition) is 1. The molecule has 0 aromatic rings. The smallest absolute Gasteiger partial charge is 0.0110 e. The Morgan fingerprint density at radius 3 is 2.41 bits per heavy atom. The molecule has 0 spiro atoms. The van der Waals surface area contributed by atoms with Crippen molar-refractivity contribution in [3.8, 4) is 0 Å². The van der Waals surface area contributed by atoms with Crippen molar-refractivity contribution in [2.75, 3.05) is 19.6 Å². The molecule has 1 aliphatic rings. The first-order valence-corrected chi connectivity index (χ1v) is 7.55. The first-order chi connectivity index (χ1) is 8.08. The Morgan fingerprint density at radius 1 is 1.18 bits per heavy atom. The molecule has 1 fully saturated rings. The third-order valence-electron chi connectivity index (χ3n) is 4.54. The molecule has 0 bridgehead atoms. The molecule has 0 aromatic heterocycles. The van der Waals surface area contributed by atoms with Gasteiger partial charge in [0, 0.05) is 31.7 Å². The number of hydrogen-bond acceptors (Lipinski definition) is 2. The van der Waals surface area contributed by atoms with Gasteiger partial charge < -0.3 is 5.32 Å². The molecule has 1 saturated heterocycles. The van der Waals surface area contributed by atoms with Crippen LogP contribution in [0.5, 0.6) is 0 Å². The van der Waals surface area contributed by atoms with Crippen LogP contribution in [0.3, 0.4) is 0 Å². The molecule has 0 aliphatic carbocycles. The van der Waals surface area contributed by atoms with Gasteiger partial charge in [0.1, 0.15) is 0 Å². The molecule has 1 aliphatic heterocycles. The fraction of sp³-hybridized carbons (Fsp3) is 1.00. The van der Waals surface area contributed by atoms with Gasteiger partial charge in [0.05, 0.1) is 0 Å². The van der Waals surface area contributed by atoms with Crippen LogP contribution in [-0.2, 0) is 0 Å². The molecule has 1 N–H and O–H groups in total. The Bertz CT molecular complexity index is 201. The third-order valence-corrected chi connectivity index (χ3v) is 4.54. The van der Waals surface area contributed by atoms with Crippen LogP contribution >= 0.6 is 0 Å². The maximum atomic E-state index is 3.67. The number of nitrogens with one attached hydrogen (secondary N) is 1. The summed E-state index contributed by atoms with van der Waals surface area (Å²) in [5, 5.41) is 3.67. The average Bonchev–Trinajstić information content (AvgIpc) is 2.30. The monoisotopic (exact) mass is 240 g/mol. The van der Waals surface area contributed by atoms with Crippen molar-refractivity contribution in [3.05, 3.63) is 0 Å². The Balaban J connectivity index is 2.29. The van der Waals surface area contributed by atoms with Gasteiger partial charge in [-0.15, -0.1) is 0 Å². The quantitative estimate of drug-likeness (QED) is 0.767. The second-order valence-corrected chi connectivity index (χ2v) is 6.02. The molecule has 0 saturated carbocycles. The van der Waals surface area contributed by atoms with Gasteiger partial charge in [-0.05, 0) is 38.0 Å². The lowest BCUT2D eigenvalue weighted by Crippen LogP contribution is -2.48. The van der Waals surface area contributed by atoms with Crippen LogP contribution in [0.25, 0.3) is 0 Å². The molecule has 0 radical (unpaired) electrons. The predicted molar refractivity (Wildman–Crippen MR) is 76.4 cm³/mol. The number of likely N-dealkylation sites (tertiary alicyclic amines) is 1. The summed E-state index contributed by atoms with van der Waals surface area (Å²) in [4.78, 5) is 2.67. The van der Waals surface area contributed by atoms with Crippen LogP contribution in [0.2, 0.25) is 0 Å². The highest BCUT2D eigenvalue weighted by molar-refractivity contribution is 4.82. The summed E-state index contributed by atoms with van der Waals surface area (Å²) in [6, 6.07) is 1.47. The Kier molecular flexibility index (Phi) is 6.50. The lowest BCUT2D eigenvalue weighted by Gasteiger charge is -2.41. The van der Waals surface area contributed by atoms with Crippen molar-refractivity contribution >= 4 is 0 Å². The van der Waals surface area contributed by atoms with Crippen molar-refractivity contribution in [3.63, 3.8) is 0 Å². The fourth-order valence-corrected chi connectivity index (χ4v) is 3.12. The second-order valence-electron chi connectivity index (χ2n) is 6.02. The van der Waals surface area contributed by atoms with Crippen LogP contribution in [0.1, 0.15) is 53.9 Å². The second kappa shape index (κ2) is 7.38. The minimum absolute atomic E-state index is 0.713. The molecule has 3 unspecified atom stereocenters. The average molecular weight is 240 g/mol. The zero-order valence-electron chi connectivity index (χ0n) is 12.5. The number of piperidine rings is 1. The molecular formula is C15H32N2.